The molecule has 21 heavy (non-hydrogen) atoms. The quantitative estimate of drug-likeness (QED) is 0.903. The predicted molar refractivity (Wildman–Crippen MR) is 81.8 cm³/mol. The zero-order valence-electron chi connectivity index (χ0n) is 11.5. The summed E-state index contributed by atoms with van der Waals surface area (Å²) in [5.41, 5.74) is 1.55. The highest BCUT2D eigenvalue weighted by Crippen LogP contribution is 2.14. The van der Waals surface area contributed by atoms with Gasteiger partial charge in [-0.3, -0.25) is 4.79 Å². The summed E-state index contributed by atoms with van der Waals surface area (Å²) in [6, 6.07) is 10.9. The van der Waals surface area contributed by atoms with E-state index in [1.54, 1.807) is 22.8 Å². The summed E-state index contributed by atoms with van der Waals surface area (Å²) in [6.45, 7) is 0.457. The Kier molecular flexibility index (Phi) is 5.01. The third-order valence-corrected chi connectivity index (χ3v) is 3.32. The summed E-state index contributed by atoms with van der Waals surface area (Å²) in [4.78, 5) is 12.0. The van der Waals surface area contributed by atoms with E-state index in [1.165, 1.54) is 0 Å². The smallest absolute Gasteiger partial charge is 0.268 e. The fraction of sp³-hybridized carbons (Fsp3) is 0.200. The molecule has 1 aromatic heterocycles. The molecule has 0 fully saturated rings. The molecule has 0 radical (unpaired) electrons. The molecule has 0 aliphatic heterocycles. The number of carbonyl (C=O) groups excluding carboxylic acids is 1. The number of benzene rings is 1. The number of rotatable bonds is 5. The molecular weight excluding hydrogens is 334 g/mol. The van der Waals surface area contributed by atoms with Crippen LogP contribution in [0.2, 0.25) is 0 Å². The first-order valence-electron chi connectivity index (χ1n) is 6.29. The van der Waals surface area contributed by atoms with Crippen LogP contribution in [0, 0.1) is 11.3 Å². The van der Waals surface area contributed by atoms with Crippen molar-refractivity contribution in [3.8, 4) is 11.8 Å². The number of nitrogens with one attached hydrogen (secondary N) is 1. The third-order valence-electron chi connectivity index (χ3n) is 2.88. The molecule has 0 aliphatic carbocycles. The Bertz CT molecular complexity index is 671. The molecule has 1 aromatic carbocycles. The van der Waals surface area contributed by atoms with Gasteiger partial charge in [-0.1, -0.05) is 12.1 Å². The minimum atomic E-state index is -0.131. The lowest BCUT2D eigenvalue weighted by atomic mass is 10.2. The molecule has 1 heterocycles. The van der Waals surface area contributed by atoms with E-state index in [0.717, 1.165) is 10.0 Å². The van der Waals surface area contributed by atoms with Gasteiger partial charge in [0.2, 0.25) is 0 Å². The average molecular weight is 348 g/mol. The van der Waals surface area contributed by atoms with Crippen LogP contribution in [0.25, 0.3) is 0 Å². The van der Waals surface area contributed by atoms with E-state index < -0.39 is 0 Å². The topological polar surface area (TPSA) is 67.1 Å². The molecular formula is C15H14BrN3O2. The third kappa shape index (κ3) is 4.10. The van der Waals surface area contributed by atoms with Crippen molar-refractivity contribution in [1.82, 2.24) is 9.88 Å². The Morgan fingerprint density at radius 3 is 2.71 bits per heavy atom. The Labute approximate surface area is 131 Å². The van der Waals surface area contributed by atoms with Crippen LogP contribution >= 0.6 is 15.9 Å². The highest BCUT2D eigenvalue weighted by molar-refractivity contribution is 9.10. The Hall–Kier alpha value is -2.26. The summed E-state index contributed by atoms with van der Waals surface area (Å²) in [6.07, 6.45) is 1.83. The summed E-state index contributed by atoms with van der Waals surface area (Å²) in [5, 5.41) is 11.3. The van der Waals surface area contributed by atoms with E-state index in [1.807, 2.05) is 31.4 Å². The van der Waals surface area contributed by atoms with Gasteiger partial charge in [-0.15, -0.1) is 0 Å². The number of nitrogens with zero attached hydrogens (tertiary/aromatic N) is 2. The molecule has 2 rings (SSSR count). The zero-order chi connectivity index (χ0) is 15.2. The molecule has 0 aliphatic rings. The lowest BCUT2D eigenvalue weighted by Crippen LogP contribution is -2.24. The largest absolute Gasteiger partial charge is 0.479 e. The van der Waals surface area contributed by atoms with Crippen molar-refractivity contribution in [2.24, 2.45) is 7.05 Å². The molecule has 2 aromatic rings. The van der Waals surface area contributed by atoms with Gasteiger partial charge in [0.1, 0.15) is 17.5 Å². The highest BCUT2D eigenvalue weighted by Gasteiger charge is 2.10. The van der Waals surface area contributed by atoms with E-state index in [4.69, 9.17) is 10.00 Å². The first-order chi connectivity index (χ1) is 10.1. The van der Waals surface area contributed by atoms with Gasteiger partial charge in [-0.25, -0.2) is 0 Å². The van der Waals surface area contributed by atoms with Crippen LogP contribution in [0.3, 0.4) is 0 Å². The first kappa shape index (κ1) is 15.1. The Morgan fingerprint density at radius 1 is 1.43 bits per heavy atom. The molecule has 5 nitrogen and oxygen atoms in total. The van der Waals surface area contributed by atoms with Crippen LogP contribution in [0.4, 0.5) is 0 Å². The molecule has 1 amide bonds. The maximum absolute atomic E-state index is 12.0. The molecule has 0 saturated carbocycles. The second kappa shape index (κ2) is 6.95. The fourth-order valence-corrected chi connectivity index (χ4v) is 2.37. The lowest BCUT2D eigenvalue weighted by molar-refractivity contribution is 0.0943. The van der Waals surface area contributed by atoms with Crippen LogP contribution < -0.4 is 10.1 Å². The van der Waals surface area contributed by atoms with E-state index in [2.05, 4.69) is 21.2 Å². The second-order valence-corrected chi connectivity index (χ2v) is 5.34. The summed E-state index contributed by atoms with van der Waals surface area (Å²) in [7, 11) is 1.82. The van der Waals surface area contributed by atoms with E-state index in [9.17, 15) is 4.79 Å². The number of carbonyl (C=O) groups is 1. The van der Waals surface area contributed by atoms with Gasteiger partial charge < -0.3 is 14.6 Å². The minimum Gasteiger partial charge on any atom is -0.479 e. The van der Waals surface area contributed by atoms with Crippen LogP contribution in [0.15, 0.2) is 41.0 Å². The Morgan fingerprint density at radius 2 is 2.14 bits per heavy atom. The number of hydrogen-bond donors (Lipinski definition) is 1. The zero-order valence-corrected chi connectivity index (χ0v) is 13.1. The first-order valence-corrected chi connectivity index (χ1v) is 7.08. The average Bonchev–Trinajstić information content (AvgIpc) is 2.82. The summed E-state index contributed by atoms with van der Waals surface area (Å²) < 4.78 is 7.80. The van der Waals surface area contributed by atoms with Crippen molar-refractivity contribution in [3.05, 3.63) is 52.3 Å². The molecule has 1 N–H and O–H groups in total. The SMILES string of the molecule is Cn1cc(Br)cc1C(=O)NCc1ccc(OCC#N)cc1. The van der Waals surface area contributed by atoms with Crippen LogP contribution in [0.5, 0.6) is 5.75 Å². The van der Waals surface area contributed by atoms with Gasteiger partial charge in [0, 0.05) is 24.3 Å². The van der Waals surface area contributed by atoms with Crippen molar-refractivity contribution < 1.29 is 9.53 Å². The van der Waals surface area contributed by atoms with Crippen molar-refractivity contribution in [1.29, 1.82) is 5.26 Å². The van der Waals surface area contributed by atoms with Gasteiger partial charge in [0.05, 0.1) is 0 Å². The maximum Gasteiger partial charge on any atom is 0.268 e. The molecule has 0 atom stereocenters. The van der Waals surface area contributed by atoms with Gasteiger partial charge in [-0.05, 0) is 39.7 Å². The lowest BCUT2D eigenvalue weighted by Gasteiger charge is -2.07. The maximum atomic E-state index is 12.0. The van der Waals surface area contributed by atoms with E-state index in [-0.39, 0.29) is 12.5 Å². The normalized spacial score (nSPS) is 9.95. The van der Waals surface area contributed by atoms with Crippen molar-refractivity contribution in [3.63, 3.8) is 0 Å². The number of amides is 1. The number of aromatic nitrogens is 1. The van der Waals surface area contributed by atoms with E-state index >= 15 is 0 Å². The molecule has 0 saturated heterocycles. The number of halogens is 1. The summed E-state index contributed by atoms with van der Waals surface area (Å²) in [5.74, 6) is 0.506. The molecule has 0 spiro atoms. The van der Waals surface area contributed by atoms with Crippen LogP contribution in [-0.4, -0.2) is 17.1 Å². The van der Waals surface area contributed by atoms with Gasteiger partial charge in [0.15, 0.2) is 6.61 Å². The molecule has 6 heteroatoms. The van der Waals surface area contributed by atoms with Crippen molar-refractivity contribution in [2.75, 3.05) is 6.61 Å². The van der Waals surface area contributed by atoms with Crippen LogP contribution in [-0.2, 0) is 13.6 Å². The second-order valence-electron chi connectivity index (χ2n) is 4.43. The number of aryl methyl sites for hydroxylation is 1. The predicted octanol–water partition coefficient (Wildman–Crippen LogP) is 2.62. The standard InChI is InChI=1S/C15H14BrN3O2/c1-19-10-12(16)8-14(19)15(20)18-9-11-2-4-13(5-3-11)21-7-6-17/h2-5,8,10H,7,9H2,1H3,(H,18,20). The van der Waals surface area contributed by atoms with Crippen molar-refractivity contribution in [2.45, 2.75) is 6.54 Å². The number of nitriles is 1. The van der Waals surface area contributed by atoms with E-state index in [0.29, 0.717) is 18.0 Å². The van der Waals surface area contributed by atoms with Gasteiger partial charge >= 0.3 is 0 Å². The van der Waals surface area contributed by atoms with Crippen LogP contribution in [0.1, 0.15) is 16.1 Å². The van der Waals surface area contributed by atoms with Crippen molar-refractivity contribution >= 4 is 21.8 Å². The van der Waals surface area contributed by atoms with Gasteiger partial charge in [0.25, 0.3) is 5.91 Å². The highest BCUT2D eigenvalue weighted by atomic mass is 79.9. The fourth-order valence-electron chi connectivity index (χ4n) is 1.84. The number of ether oxygens (including phenoxy) is 1. The number of hydrogen-bond acceptors (Lipinski definition) is 3. The molecule has 0 unspecified atom stereocenters. The molecule has 0 bridgehead atoms. The molecule has 108 valence electrons. The monoisotopic (exact) mass is 347 g/mol. The Balaban J connectivity index is 1.92. The van der Waals surface area contributed by atoms with Gasteiger partial charge in [-0.2, -0.15) is 5.26 Å². The summed E-state index contributed by atoms with van der Waals surface area (Å²) >= 11 is 3.34. The minimum absolute atomic E-state index is 0.0262.